The average molecular weight is 327 g/mol. The van der Waals surface area contributed by atoms with Gasteiger partial charge < -0.3 is 11.1 Å². The molecule has 0 aromatic heterocycles. The zero-order valence-electron chi connectivity index (χ0n) is 11.2. The van der Waals surface area contributed by atoms with E-state index in [0.29, 0.717) is 0 Å². The summed E-state index contributed by atoms with van der Waals surface area (Å²) < 4.78 is 1.10. The lowest BCUT2D eigenvalue weighted by Crippen LogP contribution is -1.95. The van der Waals surface area contributed by atoms with Gasteiger partial charge in [0.1, 0.15) is 0 Å². The van der Waals surface area contributed by atoms with E-state index in [1.807, 2.05) is 37.3 Å². The minimum atomic E-state index is 0.802. The van der Waals surface area contributed by atoms with Gasteiger partial charge in [0.25, 0.3) is 0 Å². The highest BCUT2D eigenvalue weighted by atomic mass is 79.9. The molecule has 0 fully saturated rings. The smallest absolute Gasteiger partial charge is 0.0464 e. The molecular weight excluding hydrogens is 312 g/mol. The molecule has 3 rings (SSSR count). The number of halogens is 1. The molecule has 2 nitrogen and oxygen atoms in total. The first-order chi connectivity index (χ1) is 9.65. The van der Waals surface area contributed by atoms with Gasteiger partial charge in [0.15, 0.2) is 0 Å². The van der Waals surface area contributed by atoms with Crippen LogP contribution in [0, 0.1) is 6.92 Å². The van der Waals surface area contributed by atoms with Crippen LogP contribution in [0.25, 0.3) is 10.8 Å². The predicted molar refractivity (Wildman–Crippen MR) is 90.5 cm³/mol. The van der Waals surface area contributed by atoms with Crippen molar-refractivity contribution < 1.29 is 0 Å². The van der Waals surface area contributed by atoms with Crippen molar-refractivity contribution in [1.82, 2.24) is 0 Å². The van der Waals surface area contributed by atoms with Crippen LogP contribution < -0.4 is 11.1 Å². The molecule has 0 aliphatic rings. The fourth-order valence-electron chi connectivity index (χ4n) is 2.25. The van der Waals surface area contributed by atoms with Crippen LogP contribution in [0.3, 0.4) is 0 Å². The van der Waals surface area contributed by atoms with Crippen molar-refractivity contribution in [2.45, 2.75) is 6.92 Å². The van der Waals surface area contributed by atoms with Crippen LogP contribution in [0.15, 0.2) is 59.1 Å². The summed E-state index contributed by atoms with van der Waals surface area (Å²) in [6, 6.07) is 18.5. The number of hydrogen-bond acceptors (Lipinski definition) is 2. The maximum Gasteiger partial charge on any atom is 0.0464 e. The van der Waals surface area contributed by atoms with Gasteiger partial charge in [-0.15, -0.1) is 0 Å². The minimum Gasteiger partial charge on any atom is -0.398 e. The van der Waals surface area contributed by atoms with Crippen LogP contribution in [0.1, 0.15) is 5.56 Å². The summed E-state index contributed by atoms with van der Waals surface area (Å²) >= 11 is 3.59. The van der Waals surface area contributed by atoms with E-state index in [9.17, 15) is 0 Å². The highest BCUT2D eigenvalue weighted by Crippen LogP contribution is 2.32. The van der Waals surface area contributed by atoms with E-state index >= 15 is 0 Å². The van der Waals surface area contributed by atoms with Crippen molar-refractivity contribution in [2.24, 2.45) is 0 Å². The number of fused-ring (bicyclic) bond motifs is 1. The Balaban J connectivity index is 2.06. The van der Waals surface area contributed by atoms with Gasteiger partial charge in [-0.25, -0.2) is 0 Å². The first-order valence-electron chi connectivity index (χ1n) is 6.45. The fraction of sp³-hybridized carbons (Fsp3) is 0.0588. The first kappa shape index (κ1) is 13.0. The summed E-state index contributed by atoms with van der Waals surface area (Å²) in [5.41, 5.74) is 9.94. The molecule has 3 N–H and O–H groups in total. The normalized spacial score (nSPS) is 10.7. The largest absolute Gasteiger partial charge is 0.398 e. The summed E-state index contributed by atoms with van der Waals surface area (Å²) in [5.74, 6) is 0. The Bertz CT molecular complexity index is 781. The Labute approximate surface area is 126 Å². The van der Waals surface area contributed by atoms with Crippen molar-refractivity contribution in [3.63, 3.8) is 0 Å². The maximum absolute atomic E-state index is 5.96. The van der Waals surface area contributed by atoms with E-state index in [0.717, 1.165) is 27.1 Å². The van der Waals surface area contributed by atoms with Gasteiger partial charge in [-0.3, -0.25) is 0 Å². The zero-order chi connectivity index (χ0) is 14.1. The number of hydrogen-bond donors (Lipinski definition) is 2. The molecule has 20 heavy (non-hydrogen) atoms. The standard InChI is InChI=1S/C17H15BrN2/c1-11-6-7-12(10-16(11)19)20-17-9-8-15(18)13-4-2-3-5-14(13)17/h2-10,20H,19H2,1H3. The molecule has 0 spiro atoms. The Hall–Kier alpha value is -2.00. The number of benzene rings is 3. The molecule has 3 aromatic carbocycles. The summed E-state index contributed by atoms with van der Waals surface area (Å²) in [6.07, 6.45) is 0. The molecule has 0 aliphatic heterocycles. The maximum atomic E-state index is 5.96. The van der Waals surface area contributed by atoms with Crippen LogP contribution in [-0.2, 0) is 0 Å². The lowest BCUT2D eigenvalue weighted by molar-refractivity contribution is 1.46. The Morgan fingerprint density at radius 2 is 1.70 bits per heavy atom. The molecule has 0 heterocycles. The van der Waals surface area contributed by atoms with E-state index in [2.05, 4.69) is 45.5 Å². The second-order valence-corrected chi connectivity index (χ2v) is 5.69. The van der Waals surface area contributed by atoms with Gasteiger partial charge >= 0.3 is 0 Å². The Kier molecular flexibility index (Phi) is 3.36. The number of rotatable bonds is 2. The number of nitrogens with two attached hydrogens (primary N) is 1. The number of nitrogen functional groups attached to an aromatic ring is 1. The van der Waals surface area contributed by atoms with Crippen LogP contribution in [0.4, 0.5) is 17.1 Å². The van der Waals surface area contributed by atoms with Gasteiger partial charge in [0.05, 0.1) is 0 Å². The van der Waals surface area contributed by atoms with Crippen LogP contribution in [-0.4, -0.2) is 0 Å². The highest BCUT2D eigenvalue weighted by molar-refractivity contribution is 9.10. The summed E-state index contributed by atoms with van der Waals surface area (Å²) in [7, 11) is 0. The summed E-state index contributed by atoms with van der Waals surface area (Å²) in [5, 5.41) is 5.82. The van der Waals surface area contributed by atoms with E-state index in [-0.39, 0.29) is 0 Å². The minimum absolute atomic E-state index is 0.802. The van der Waals surface area contributed by atoms with Crippen LogP contribution >= 0.6 is 15.9 Å². The quantitative estimate of drug-likeness (QED) is 0.632. The average Bonchev–Trinajstić information content (AvgIpc) is 2.46. The molecule has 0 bridgehead atoms. The molecular formula is C17H15BrN2. The van der Waals surface area contributed by atoms with Crippen molar-refractivity contribution in [3.05, 3.63) is 64.6 Å². The van der Waals surface area contributed by atoms with Gasteiger partial charge in [-0.1, -0.05) is 46.3 Å². The monoisotopic (exact) mass is 326 g/mol. The third-order valence-corrected chi connectivity index (χ3v) is 4.12. The molecule has 3 heteroatoms. The lowest BCUT2D eigenvalue weighted by atomic mass is 10.1. The first-order valence-corrected chi connectivity index (χ1v) is 7.25. The van der Waals surface area contributed by atoms with E-state index < -0.39 is 0 Å². The molecule has 0 saturated heterocycles. The summed E-state index contributed by atoms with van der Waals surface area (Å²) in [4.78, 5) is 0. The van der Waals surface area contributed by atoms with E-state index in [4.69, 9.17) is 5.73 Å². The highest BCUT2D eigenvalue weighted by Gasteiger charge is 2.05. The zero-order valence-corrected chi connectivity index (χ0v) is 12.7. The molecule has 3 aromatic rings. The molecule has 0 saturated carbocycles. The van der Waals surface area contributed by atoms with Crippen molar-refractivity contribution in [1.29, 1.82) is 0 Å². The third-order valence-electron chi connectivity index (χ3n) is 3.43. The Morgan fingerprint density at radius 3 is 2.45 bits per heavy atom. The van der Waals surface area contributed by atoms with Gasteiger partial charge in [0, 0.05) is 26.9 Å². The van der Waals surface area contributed by atoms with Crippen molar-refractivity contribution in [2.75, 3.05) is 11.1 Å². The van der Waals surface area contributed by atoms with Crippen molar-refractivity contribution >= 4 is 43.8 Å². The van der Waals surface area contributed by atoms with E-state index in [1.165, 1.54) is 10.8 Å². The molecule has 0 aliphatic carbocycles. The van der Waals surface area contributed by atoms with Gasteiger partial charge in [-0.2, -0.15) is 0 Å². The Morgan fingerprint density at radius 1 is 0.950 bits per heavy atom. The number of anilines is 3. The number of aryl methyl sites for hydroxylation is 1. The second kappa shape index (κ2) is 5.17. The van der Waals surface area contributed by atoms with Crippen LogP contribution in [0.5, 0.6) is 0 Å². The van der Waals surface area contributed by atoms with Crippen LogP contribution in [0.2, 0.25) is 0 Å². The third kappa shape index (κ3) is 2.37. The molecule has 0 amide bonds. The summed E-state index contributed by atoms with van der Waals surface area (Å²) in [6.45, 7) is 2.01. The van der Waals surface area contributed by atoms with E-state index in [1.54, 1.807) is 0 Å². The second-order valence-electron chi connectivity index (χ2n) is 4.84. The van der Waals surface area contributed by atoms with Gasteiger partial charge in [0.2, 0.25) is 0 Å². The topological polar surface area (TPSA) is 38.0 Å². The van der Waals surface area contributed by atoms with Gasteiger partial charge in [-0.05, 0) is 42.1 Å². The predicted octanol–water partition coefficient (Wildman–Crippen LogP) is 5.24. The SMILES string of the molecule is Cc1ccc(Nc2ccc(Br)c3ccccc23)cc1N. The lowest BCUT2D eigenvalue weighted by Gasteiger charge is -2.12. The molecule has 0 unspecified atom stereocenters. The molecule has 100 valence electrons. The number of nitrogens with one attached hydrogen (secondary N) is 1. The fourth-order valence-corrected chi connectivity index (χ4v) is 2.72. The molecule has 0 atom stereocenters. The molecule has 0 radical (unpaired) electrons. The van der Waals surface area contributed by atoms with Crippen molar-refractivity contribution in [3.8, 4) is 0 Å².